The molecule has 6 nitrogen and oxygen atoms in total. The predicted octanol–water partition coefficient (Wildman–Crippen LogP) is 2.05. The molecule has 2 fully saturated rings. The van der Waals surface area contributed by atoms with E-state index in [9.17, 15) is 14.7 Å². The van der Waals surface area contributed by atoms with Crippen LogP contribution in [-0.4, -0.2) is 46.1 Å². The van der Waals surface area contributed by atoms with E-state index in [0.29, 0.717) is 30.5 Å². The largest absolute Gasteiger partial charge is 0.481 e. The SMILES string of the molecule is CC(C)Oc1ccc(C(=O)N2C[C@H](C(=O)O)[C@@H](C3CC3)C2)cn1. The summed E-state index contributed by atoms with van der Waals surface area (Å²) in [5.74, 6) is -0.346. The van der Waals surface area contributed by atoms with E-state index in [1.807, 2.05) is 13.8 Å². The third kappa shape index (κ3) is 3.46. The van der Waals surface area contributed by atoms with E-state index >= 15 is 0 Å². The zero-order valence-electron chi connectivity index (χ0n) is 13.4. The molecule has 1 saturated carbocycles. The maximum Gasteiger partial charge on any atom is 0.308 e. The van der Waals surface area contributed by atoms with Gasteiger partial charge in [0, 0.05) is 25.4 Å². The first-order chi connectivity index (χ1) is 11.0. The molecule has 2 atom stereocenters. The van der Waals surface area contributed by atoms with Crippen molar-refractivity contribution in [1.29, 1.82) is 0 Å². The summed E-state index contributed by atoms with van der Waals surface area (Å²) >= 11 is 0. The van der Waals surface area contributed by atoms with Crippen molar-refractivity contribution in [2.75, 3.05) is 13.1 Å². The van der Waals surface area contributed by atoms with E-state index < -0.39 is 11.9 Å². The van der Waals surface area contributed by atoms with E-state index in [4.69, 9.17) is 4.74 Å². The van der Waals surface area contributed by atoms with Crippen LogP contribution in [0.2, 0.25) is 0 Å². The maximum atomic E-state index is 12.6. The second-order valence-electron chi connectivity index (χ2n) is 6.71. The van der Waals surface area contributed by atoms with Crippen LogP contribution < -0.4 is 4.74 Å². The van der Waals surface area contributed by atoms with E-state index in [0.717, 1.165) is 12.8 Å². The second-order valence-corrected chi connectivity index (χ2v) is 6.71. The first kappa shape index (κ1) is 15.8. The van der Waals surface area contributed by atoms with Crippen LogP contribution in [0.4, 0.5) is 0 Å². The normalized spacial score (nSPS) is 24.0. The minimum atomic E-state index is -0.795. The van der Waals surface area contributed by atoms with Gasteiger partial charge in [0.15, 0.2) is 0 Å². The van der Waals surface area contributed by atoms with Crippen molar-refractivity contribution in [3.8, 4) is 5.88 Å². The first-order valence-electron chi connectivity index (χ1n) is 8.10. The third-order valence-electron chi connectivity index (χ3n) is 4.54. The minimum Gasteiger partial charge on any atom is -0.481 e. The Bertz CT molecular complexity index is 595. The highest BCUT2D eigenvalue weighted by Crippen LogP contribution is 2.44. The fourth-order valence-corrected chi connectivity index (χ4v) is 3.26. The van der Waals surface area contributed by atoms with Crippen molar-refractivity contribution in [3.63, 3.8) is 0 Å². The number of carbonyl (C=O) groups excluding carboxylic acids is 1. The molecule has 0 aromatic carbocycles. The number of aromatic nitrogens is 1. The lowest BCUT2D eigenvalue weighted by Gasteiger charge is -2.16. The molecule has 0 bridgehead atoms. The van der Waals surface area contributed by atoms with Crippen molar-refractivity contribution in [2.45, 2.75) is 32.8 Å². The van der Waals surface area contributed by atoms with Gasteiger partial charge >= 0.3 is 5.97 Å². The molecular weight excluding hydrogens is 296 g/mol. The van der Waals surface area contributed by atoms with Gasteiger partial charge in [-0.1, -0.05) is 0 Å². The number of nitrogens with zero attached hydrogens (tertiary/aromatic N) is 2. The highest BCUT2D eigenvalue weighted by molar-refractivity contribution is 5.94. The lowest BCUT2D eigenvalue weighted by atomic mass is 9.92. The summed E-state index contributed by atoms with van der Waals surface area (Å²) in [6.07, 6.45) is 3.69. The Balaban J connectivity index is 1.69. The van der Waals surface area contributed by atoms with Crippen molar-refractivity contribution in [2.24, 2.45) is 17.8 Å². The molecule has 1 N–H and O–H groups in total. The van der Waals surface area contributed by atoms with Crippen molar-refractivity contribution in [1.82, 2.24) is 9.88 Å². The fraction of sp³-hybridized carbons (Fsp3) is 0.588. The number of hydrogen-bond acceptors (Lipinski definition) is 4. The van der Waals surface area contributed by atoms with Gasteiger partial charge in [-0.25, -0.2) is 4.98 Å². The molecule has 3 rings (SSSR count). The lowest BCUT2D eigenvalue weighted by Crippen LogP contribution is -2.30. The number of aliphatic carboxylic acids is 1. The molecule has 23 heavy (non-hydrogen) atoms. The molecule has 0 unspecified atom stereocenters. The highest BCUT2D eigenvalue weighted by Gasteiger charge is 2.46. The molecular formula is C17H22N2O4. The second kappa shape index (κ2) is 6.18. The number of carboxylic acid groups (broad SMARTS) is 1. The zero-order chi connectivity index (χ0) is 16.6. The van der Waals surface area contributed by atoms with Gasteiger partial charge in [-0.3, -0.25) is 9.59 Å². The smallest absolute Gasteiger partial charge is 0.308 e. The summed E-state index contributed by atoms with van der Waals surface area (Å²) in [6, 6.07) is 3.36. The van der Waals surface area contributed by atoms with Crippen LogP contribution in [0.5, 0.6) is 5.88 Å². The van der Waals surface area contributed by atoms with E-state index in [1.165, 1.54) is 6.20 Å². The van der Waals surface area contributed by atoms with Crippen LogP contribution in [0.15, 0.2) is 18.3 Å². The molecule has 1 saturated heterocycles. The first-order valence-corrected chi connectivity index (χ1v) is 8.10. The number of ether oxygens (including phenoxy) is 1. The van der Waals surface area contributed by atoms with Gasteiger partial charge in [0.2, 0.25) is 5.88 Å². The molecule has 2 aliphatic rings. The van der Waals surface area contributed by atoms with Crippen LogP contribution in [0.3, 0.4) is 0 Å². The Morgan fingerprint density at radius 3 is 2.57 bits per heavy atom. The summed E-state index contributed by atoms with van der Waals surface area (Å²) in [5, 5.41) is 9.38. The van der Waals surface area contributed by atoms with Crippen LogP contribution in [-0.2, 0) is 4.79 Å². The zero-order valence-corrected chi connectivity index (χ0v) is 13.4. The molecule has 2 heterocycles. The monoisotopic (exact) mass is 318 g/mol. The quantitative estimate of drug-likeness (QED) is 0.899. The number of hydrogen-bond donors (Lipinski definition) is 1. The molecule has 1 aliphatic carbocycles. The summed E-state index contributed by atoms with van der Waals surface area (Å²) in [7, 11) is 0. The highest BCUT2D eigenvalue weighted by atomic mass is 16.5. The topological polar surface area (TPSA) is 79.7 Å². The van der Waals surface area contributed by atoms with Gasteiger partial charge in [0.1, 0.15) is 0 Å². The fourth-order valence-electron chi connectivity index (χ4n) is 3.26. The van der Waals surface area contributed by atoms with E-state index in [1.54, 1.807) is 17.0 Å². The molecule has 0 spiro atoms. The number of likely N-dealkylation sites (tertiary alicyclic amines) is 1. The van der Waals surface area contributed by atoms with Gasteiger partial charge in [-0.2, -0.15) is 0 Å². The van der Waals surface area contributed by atoms with E-state index in [2.05, 4.69) is 4.98 Å². The number of pyridine rings is 1. The third-order valence-corrected chi connectivity index (χ3v) is 4.54. The Kier molecular flexibility index (Phi) is 4.24. The van der Waals surface area contributed by atoms with Gasteiger partial charge in [-0.15, -0.1) is 0 Å². The van der Waals surface area contributed by atoms with Gasteiger partial charge in [-0.05, 0) is 44.6 Å². The number of amides is 1. The summed E-state index contributed by atoms with van der Waals surface area (Å²) in [4.78, 5) is 29.8. The van der Waals surface area contributed by atoms with Crippen molar-refractivity contribution in [3.05, 3.63) is 23.9 Å². The summed E-state index contributed by atoms with van der Waals surface area (Å²) < 4.78 is 5.47. The van der Waals surface area contributed by atoms with Gasteiger partial charge < -0.3 is 14.7 Å². The number of carboxylic acids is 1. The summed E-state index contributed by atoms with van der Waals surface area (Å²) in [6.45, 7) is 4.65. The summed E-state index contributed by atoms with van der Waals surface area (Å²) in [5.41, 5.74) is 0.474. The maximum absolute atomic E-state index is 12.6. The average Bonchev–Trinajstić information content (AvgIpc) is 3.25. The standard InChI is InChI=1S/C17H22N2O4/c1-10(2)23-15-6-5-12(7-18-15)16(20)19-8-13(11-3-4-11)14(9-19)17(21)22/h5-7,10-11,13-14H,3-4,8-9H2,1-2H3,(H,21,22)/t13-,14+/m1/s1. The predicted molar refractivity (Wildman–Crippen MR) is 83.2 cm³/mol. The number of carbonyl (C=O) groups is 2. The molecule has 1 aromatic heterocycles. The molecule has 6 heteroatoms. The van der Waals surface area contributed by atoms with Crippen LogP contribution in [0.1, 0.15) is 37.0 Å². The molecule has 124 valence electrons. The molecule has 1 aliphatic heterocycles. The van der Waals surface area contributed by atoms with Gasteiger partial charge in [0.25, 0.3) is 5.91 Å². The van der Waals surface area contributed by atoms with E-state index in [-0.39, 0.29) is 17.9 Å². The molecule has 1 aromatic rings. The van der Waals surface area contributed by atoms with Crippen LogP contribution in [0, 0.1) is 17.8 Å². The van der Waals surface area contributed by atoms with Crippen molar-refractivity contribution >= 4 is 11.9 Å². The van der Waals surface area contributed by atoms with Crippen LogP contribution >= 0.6 is 0 Å². The average molecular weight is 318 g/mol. The molecule has 0 radical (unpaired) electrons. The number of rotatable bonds is 5. The Morgan fingerprint density at radius 2 is 2.04 bits per heavy atom. The minimum absolute atomic E-state index is 0.0262. The van der Waals surface area contributed by atoms with Gasteiger partial charge in [0.05, 0.1) is 17.6 Å². The van der Waals surface area contributed by atoms with Crippen LogP contribution in [0.25, 0.3) is 0 Å². The lowest BCUT2D eigenvalue weighted by molar-refractivity contribution is -0.142. The Hall–Kier alpha value is -2.11. The molecule has 1 amide bonds. The Labute approximate surface area is 135 Å². The van der Waals surface area contributed by atoms with Crippen molar-refractivity contribution < 1.29 is 19.4 Å². The Morgan fingerprint density at radius 1 is 1.30 bits per heavy atom.